The molecule has 0 fully saturated rings. The number of rotatable bonds is 10. The Kier molecular flexibility index (Phi) is 8.90. The molecule has 224 valence electrons. The van der Waals surface area contributed by atoms with Gasteiger partial charge in [0.25, 0.3) is 0 Å². The number of fused-ring (bicyclic) bond motifs is 1. The van der Waals surface area contributed by atoms with Gasteiger partial charge in [-0.3, -0.25) is 4.57 Å². The Morgan fingerprint density at radius 3 is 2.49 bits per heavy atom. The van der Waals surface area contributed by atoms with E-state index in [0.29, 0.717) is 24.4 Å². The van der Waals surface area contributed by atoms with Gasteiger partial charge in [0.1, 0.15) is 22.5 Å². The number of pyridine rings is 2. The van der Waals surface area contributed by atoms with E-state index >= 15 is 0 Å². The van der Waals surface area contributed by atoms with E-state index in [1.54, 1.807) is 13.0 Å². The first-order valence-corrected chi connectivity index (χ1v) is 13.8. The zero-order valence-corrected chi connectivity index (χ0v) is 24.3. The number of aromatic nitrogens is 5. The largest absolute Gasteiger partial charge is 0.480 e. The van der Waals surface area contributed by atoms with Crippen molar-refractivity contribution >= 4 is 34.0 Å². The van der Waals surface area contributed by atoms with Crippen molar-refractivity contribution in [3.8, 4) is 23.2 Å². The molecule has 0 saturated heterocycles. The van der Waals surface area contributed by atoms with E-state index in [-0.39, 0.29) is 45.4 Å². The van der Waals surface area contributed by atoms with Gasteiger partial charge in [-0.15, -0.1) is 5.10 Å². The summed E-state index contributed by atoms with van der Waals surface area (Å²) in [7, 11) is 0. The van der Waals surface area contributed by atoms with Crippen LogP contribution in [0.4, 0.5) is 13.2 Å². The number of halogens is 5. The Labute approximate surface area is 253 Å². The fraction of sp³-hybridized carbons (Fsp3) is 0.241. The first-order chi connectivity index (χ1) is 20.5. The molecule has 5 aromatic rings. The Bertz CT molecular complexity index is 1810. The molecular weight excluding hydrogens is 610 g/mol. The SMILES string of the molecule is CCn1c(COCc2ccccc2)nn(-c2cc(O[C@@H](C)C(F)(F)F)c3c(Oc4nc(Cl)ccc4Cl)nccc3c2)c1=O. The van der Waals surface area contributed by atoms with E-state index in [2.05, 4.69) is 15.1 Å². The minimum Gasteiger partial charge on any atom is -0.480 e. The molecule has 43 heavy (non-hydrogen) atoms. The lowest BCUT2D eigenvalue weighted by atomic mass is 10.1. The van der Waals surface area contributed by atoms with Gasteiger partial charge in [0.15, 0.2) is 11.9 Å². The topological polar surface area (TPSA) is 93.3 Å². The summed E-state index contributed by atoms with van der Waals surface area (Å²) in [6, 6.07) is 16.8. The highest BCUT2D eigenvalue weighted by atomic mass is 35.5. The van der Waals surface area contributed by atoms with Crippen LogP contribution in [0.3, 0.4) is 0 Å². The average molecular weight is 634 g/mol. The molecule has 1 atom stereocenters. The molecule has 0 amide bonds. The molecule has 0 radical (unpaired) electrons. The van der Waals surface area contributed by atoms with Crippen LogP contribution in [-0.2, 0) is 24.5 Å². The molecule has 2 aromatic carbocycles. The second kappa shape index (κ2) is 12.6. The molecule has 0 bridgehead atoms. The number of alkyl halides is 3. The lowest BCUT2D eigenvalue weighted by molar-refractivity contribution is -0.189. The summed E-state index contributed by atoms with van der Waals surface area (Å²) >= 11 is 12.2. The molecule has 9 nitrogen and oxygen atoms in total. The molecule has 0 aliphatic carbocycles. The Morgan fingerprint density at radius 1 is 1.00 bits per heavy atom. The van der Waals surface area contributed by atoms with Crippen LogP contribution in [-0.4, -0.2) is 36.6 Å². The van der Waals surface area contributed by atoms with E-state index in [9.17, 15) is 18.0 Å². The molecule has 0 unspecified atom stereocenters. The standard InChI is InChI=1S/C29H24Cl2F3N5O4/c1-3-38-24(16-41-15-18-7-5-4-6-8-18)37-39(28(38)40)20-13-19-11-12-35-27(43-26-21(30)9-10-23(31)36-26)25(19)22(14-20)42-17(2)29(32,33)34/h4-14,17H,3,15-16H2,1-2H3/t17-/m0/s1. The number of nitrogens with zero attached hydrogens (tertiary/aromatic N) is 5. The molecule has 14 heteroatoms. The van der Waals surface area contributed by atoms with Crippen molar-refractivity contribution in [3.63, 3.8) is 0 Å². The van der Waals surface area contributed by atoms with Gasteiger partial charge in [-0.25, -0.2) is 9.78 Å². The van der Waals surface area contributed by atoms with Gasteiger partial charge in [0.2, 0.25) is 11.8 Å². The fourth-order valence-corrected chi connectivity index (χ4v) is 4.49. The van der Waals surface area contributed by atoms with E-state index in [1.807, 2.05) is 30.3 Å². The van der Waals surface area contributed by atoms with Crippen LogP contribution in [0.15, 0.2) is 71.7 Å². The fourth-order valence-electron chi connectivity index (χ4n) is 4.21. The first kappa shape index (κ1) is 30.3. The number of hydrogen-bond donors (Lipinski definition) is 0. The maximum Gasteiger partial charge on any atom is 0.425 e. The maximum absolute atomic E-state index is 13.6. The summed E-state index contributed by atoms with van der Waals surface area (Å²) in [5.74, 6) is -0.147. The van der Waals surface area contributed by atoms with Gasteiger partial charge in [-0.2, -0.15) is 22.8 Å². The highest BCUT2D eigenvalue weighted by Gasteiger charge is 2.38. The minimum atomic E-state index is -4.69. The zero-order valence-electron chi connectivity index (χ0n) is 22.8. The summed E-state index contributed by atoms with van der Waals surface area (Å²) in [6.45, 7) is 3.27. The molecule has 0 N–H and O–H groups in total. The van der Waals surface area contributed by atoms with Crippen molar-refractivity contribution in [2.45, 2.75) is 45.9 Å². The van der Waals surface area contributed by atoms with Crippen LogP contribution >= 0.6 is 23.2 Å². The Balaban J connectivity index is 1.58. The second-order valence-electron chi connectivity index (χ2n) is 9.32. The van der Waals surface area contributed by atoms with E-state index in [0.717, 1.165) is 17.2 Å². The van der Waals surface area contributed by atoms with Crippen molar-refractivity contribution in [1.82, 2.24) is 24.3 Å². The highest BCUT2D eigenvalue weighted by molar-refractivity contribution is 6.33. The molecule has 0 aliphatic rings. The number of benzene rings is 2. The molecule has 5 rings (SSSR count). The van der Waals surface area contributed by atoms with Crippen molar-refractivity contribution < 1.29 is 27.4 Å². The monoisotopic (exact) mass is 633 g/mol. The normalized spacial score (nSPS) is 12.4. The summed E-state index contributed by atoms with van der Waals surface area (Å²) in [4.78, 5) is 21.6. The van der Waals surface area contributed by atoms with Crippen LogP contribution in [0.5, 0.6) is 17.5 Å². The van der Waals surface area contributed by atoms with Crippen molar-refractivity contribution in [2.24, 2.45) is 0 Å². The third kappa shape index (κ3) is 6.76. The Morgan fingerprint density at radius 2 is 1.77 bits per heavy atom. The number of ether oxygens (including phenoxy) is 3. The lowest BCUT2D eigenvalue weighted by Crippen LogP contribution is -2.31. The minimum absolute atomic E-state index is 0.0301. The number of hydrogen-bond acceptors (Lipinski definition) is 7. The molecular formula is C29H24Cl2F3N5O4. The summed E-state index contributed by atoms with van der Waals surface area (Å²) in [5, 5.41) is 5.07. The average Bonchev–Trinajstić information content (AvgIpc) is 3.29. The quantitative estimate of drug-likeness (QED) is 0.151. The highest BCUT2D eigenvalue weighted by Crippen LogP contribution is 2.39. The van der Waals surface area contributed by atoms with Crippen molar-refractivity contribution in [1.29, 1.82) is 0 Å². The Hall–Kier alpha value is -4.13. The first-order valence-electron chi connectivity index (χ1n) is 13.0. The van der Waals surface area contributed by atoms with Crippen LogP contribution in [0.1, 0.15) is 25.2 Å². The van der Waals surface area contributed by atoms with Crippen LogP contribution in [0.25, 0.3) is 16.5 Å². The lowest BCUT2D eigenvalue weighted by Gasteiger charge is -2.20. The second-order valence-corrected chi connectivity index (χ2v) is 10.1. The van der Waals surface area contributed by atoms with Crippen molar-refractivity contribution in [3.05, 3.63) is 98.9 Å². The van der Waals surface area contributed by atoms with Crippen LogP contribution in [0, 0.1) is 0 Å². The molecule has 0 saturated carbocycles. The molecule has 0 aliphatic heterocycles. The van der Waals surface area contributed by atoms with Gasteiger partial charge < -0.3 is 14.2 Å². The van der Waals surface area contributed by atoms with Crippen LogP contribution < -0.4 is 15.2 Å². The van der Waals surface area contributed by atoms with E-state index in [1.165, 1.54) is 35.0 Å². The maximum atomic E-state index is 13.6. The van der Waals surface area contributed by atoms with Gasteiger partial charge in [-0.1, -0.05) is 53.5 Å². The predicted octanol–water partition coefficient (Wildman–Crippen LogP) is 7.14. The van der Waals surface area contributed by atoms with Crippen molar-refractivity contribution in [2.75, 3.05) is 0 Å². The predicted molar refractivity (Wildman–Crippen MR) is 154 cm³/mol. The third-order valence-corrected chi connectivity index (χ3v) is 6.86. The van der Waals surface area contributed by atoms with Crippen LogP contribution in [0.2, 0.25) is 10.2 Å². The van der Waals surface area contributed by atoms with Gasteiger partial charge in [0.05, 0.1) is 17.7 Å². The van der Waals surface area contributed by atoms with Gasteiger partial charge in [-0.05, 0) is 49.1 Å². The van der Waals surface area contributed by atoms with Gasteiger partial charge >= 0.3 is 11.9 Å². The summed E-state index contributed by atoms with van der Waals surface area (Å²) in [6.07, 6.45) is -5.51. The third-order valence-electron chi connectivity index (χ3n) is 6.36. The van der Waals surface area contributed by atoms with E-state index in [4.69, 9.17) is 37.4 Å². The summed E-state index contributed by atoms with van der Waals surface area (Å²) < 4.78 is 60.3. The molecule has 3 aromatic heterocycles. The summed E-state index contributed by atoms with van der Waals surface area (Å²) in [5.41, 5.74) is 0.605. The molecule has 3 heterocycles. The smallest absolute Gasteiger partial charge is 0.425 e. The molecule has 0 spiro atoms. The van der Waals surface area contributed by atoms with Gasteiger partial charge in [0, 0.05) is 18.8 Å². The zero-order chi connectivity index (χ0) is 30.7. The van der Waals surface area contributed by atoms with E-state index < -0.39 is 18.0 Å².